The molecule has 0 unspecified atom stereocenters. The van der Waals surface area contributed by atoms with E-state index in [1.807, 2.05) is 11.4 Å². The van der Waals surface area contributed by atoms with Gasteiger partial charge in [0, 0.05) is 20.2 Å². The van der Waals surface area contributed by atoms with Crippen LogP contribution in [0.1, 0.15) is 15.2 Å². The number of benzene rings is 1. The summed E-state index contributed by atoms with van der Waals surface area (Å²) in [5.74, 6) is -0.0129. The van der Waals surface area contributed by atoms with E-state index in [9.17, 15) is 4.79 Å². The molecule has 82 valence electrons. The van der Waals surface area contributed by atoms with Crippen molar-refractivity contribution in [2.24, 2.45) is 0 Å². The molecule has 16 heavy (non-hydrogen) atoms. The van der Waals surface area contributed by atoms with Gasteiger partial charge in [-0.05, 0) is 61.5 Å². The summed E-state index contributed by atoms with van der Waals surface area (Å²) in [4.78, 5) is 12.8. The summed E-state index contributed by atoms with van der Waals surface area (Å²) in [6.07, 6.45) is 0. The lowest BCUT2D eigenvalue weighted by molar-refractivity contribution is 0.104. The molecule has 1 heterocycles. The van der Waals surface area contributed by atoms with Gasteiger partial charge in [-0.3, -0.25) is 4.79 Å². The molecule has 2 N–H and O–H groups in total. The molecule has 0 aliphatic heterocycles. The Hall–Kier alpha value is -0.650. The van der Waals surface area contributed by atoms with Crippen molar-refractivity contribution in [3.8, 4) is 0 Å². The maximum Gasteiger partial charge on any atom is 0.204 e. The minimum Gasteiger partial charge on any atom is -0.398 e. The Morgan fingerprint density at radius 1 is 1.19 bits per heavy atom. The smallest absolute Gasteiger partial charge is 0.204 e. The van der Waals surface area contributed by atoms with E-state index in [4.69, 9.17) is 5.73 Å². The molecule has 1 aromatic heterocycles. The average Bonchev–Trinajstić information content (AvgIpc) is 2.67. The molecular weight excluding hydrogens is 354 g/mol. The Kier molecular flexibility index (Phi) is 3.47. The molecule has 2 aromatic rings. The quantitative estimate of drug-likeness (QED) is 0.647. The fourth-order valence-corrected chi connectivity index (χ4v) is 3.03. The van der Waals surface area contributed by atoms with Gasteiger partial charge in [0.1, 0.15) is 0 Å². The van der Waals surface area contributed by atoms with Crippen LogP contribution in [0.3, 0.4) is 0 Å². The van der Waals surface area contributed by atoms with E-state index >= 15 is 0 Å². The molecule has 0 aliphatic rings. The van der Waals surface area contributed by atoms with Crippen molar-refractivity contribution in [1.82, 2.24) is 0 Å². The largest absolute Gasteiger partial charge is 0.398 e. The number of hydrogen-bond acceptors (Lipinski definition) is 3. The Labute approximate surface area is 114 Å². The molecular formula is C11H7Br2NOS. The molecule has 5 heteroatoms. The van der Waals surface area contributed by atoms with Crippen LogP contribution in [-0.4, -0.2) is 5.78 Å². The number of carbonyl (C=O) groups is 1. The van der Waals surface area contributed by atoms with Crippen molar-refractivity contribution >= 4 is 54.7 Å². The zero-order chi connectivity index (χ0) is 11.7. The van der Waals surface area contributed by atoms with Crippen LogP contribution < -0.4 is 5.73 Å². The number of nitrogens with two attached hydrogens (primary N) is 1. The predicted octanol–water partition coefficient (Wildman–Crippen LogP) is 4.09. The van der Waals surface area contributed by atoms with E-state index in [1.54, 1.807) is 18.2 Å². The second-order valence-corrected chi connectivity index (χ2v) is 5.79. The van der Waals surface area contributed by atoms with Crippen LogP contribution in [0.25, 0.3) is 0 Å². The summed E-state index contributed by atoms with van der Waals surface area (Å²) in [6.45, 7) is 0. The van der Waals surface area contributed by atoms with Crippen molar-refractivity contribution in [3.63, 3.8) is 0 Å². The third-order valence-corrected chi connectivity index (χ3v) is 4.64. The lowest BCUT2D eigenvalue weighted by atomic mass is 10.1. The summed E-state index contributed by atoms with van der Waals surface area (Å²) in [6, 6.07) is 7.08. The number of nitrogen functional groups attached to an aromatic ring is 1. The van der Waals surface area contributed by atoms with Crippen molar-refractivity contribution in [2.45, 2.75) is 0 Å². The van der Waals surface area contributed by atoms with Gasteiger partial charge in [0.15, 0.2) is 0 Å². The van der Waals surface area contributed by atoms with E-state index in [0.29, 0.717) is 16.1 Å². The fourth-order valence-electron chi connectivity index (χ4n) is 1.27. The Morgan fingerprint density at radius 2 is 1.94 bits per heavy atom. The van der Waals surface area contributed by atoms with E-state index in [2.05, 4.69) is 31.9 Å². The molecule has 0 saturated heterocycles. The first-order valence-corrected chi connectivity index (χ1v) is 6.89. The average molecular weight is 361 g/mol. The third kappa shape index (κ3) is 2.21. The first kappa shape index (κ1) is 11.8. The Balaban J connectivity index is 2.42. The summed E-state index contributed by atoms with van der Waals surface area (Å²) in [7, 11) is 0. The zero-order valence-corrected chi connectivity index (χ0v) is 12.0. The molecule has 0 saturated carbocycles. The number of ketones is 1. The van der Waals surface area contributed by atoms with Gasteiger partial charge in [-0.2, -0.15) is 0 Å². The standard InChI is InChI=1S/C11H7Br2NOS/c12-7-2-1-6(5-9(7)14)10(15)11-8(13)3-4-16-11/h1-5H,14H2. The van der Waals surface area contributed by atoms with Crippen molar-refractivity contribution in [2.75, 3.05) is 5.73 Å². The Morgan fingerprint density at radius 3 is 2.50 bits per heavy atom. The van der Waals surface area contributed by atoms with Gasteiger partial charge in [0.05, 0.1) is 4.88 Å². The minimum absolute atomic E-state index is 0.0129. The van der Waals surface area contributed by atoms with E-state index in [0.717, 1.165) is 8.95 Å². The monoisotopic (exact) mass is 359 g/mol. The van der Waals surface area contributed by atoms with Gasteiger partial charge in [-0.25, -0.2) is 0 Å². The van der Waals surface area contributed by atoms with Gasteiger partial charge in [0.25, 0.3) is 0 Å². The number of thiophene rings is 1. The van der Waals surface area contributed by atoms with Crippen molar-refractivity contribution in [3.05, 3.63) is 49.0 Å². The second kappa shape index (κ2) is 4.69. The van der Waals surface area contributed by atoms with E-state index in [-0.39, 0.29) is 5.78 Å². The van der Waals surface area contributed by atoms with E-state index in [1.165, 1.54) is 11.3 Å². The van der Waals surface area contributed by atoms with Gasteiger partial charge in [-0.1, -0.05) is 0 Å². The molecule has 0 aliphatic carbocycles. The lowest BCUT2D eigenvalue weighted by Crippen LogP contribution is -2.00. The summed E-state index contributed by atoms with van der Waals surface area (Å²) >= 11 is 8.06. The highest BCUT2D eigenvalue weighted by molar-refractivity contribution is 9.11. The minimum atomic E-state index is -0.0129. The number of anilines is 1. The highest BCUT2D eigenvalue weighted by Crippen LogP contribution is 2.27. The molecule has 0 radical (unpaired) electrons. The predicted molar refractivity (Wildman–Crippen MR) is 74.0 cm³/mol. The van der Waals surface area contributed by atoms with Crippen LogP contribution in [0.4, 0.5) is 5.69 Å². The SMILES string of the molecule is Nc1cc(C(=O)c2sccc2Br)ccc1Br. The first-order chi connectivity index (χ1) is 7.59. The van der Waals surface area contributed by atoms with Gasteiger partial charge < -0.3 is 5.73 Å². The molecule has 0 spiro atoms. The molecule has 1 aromatic carbocycles. The van der Waals surface area contributed by atoms with Gasteiger partial charge in [0.2, 0.25) is 5.78 Å². The zero-order valence-electron chi connectivity index (χ0n) is 8.04. The number of halogens is 2. The fraction of sp³-hybridized carbons (Fsp3) is 0. The summed E-state index contributed by atoms with van der Waals surface area (Å²) < 4.78 is 1.62. The van der Waals surface area contributed by atoms with Crippen LogP contribution >= 0.6 is 43.2 Å². The molecule has 2 rings (SSSR count). The maximum absolute atomic E-state index is 12.1. The topological polar surface area (TPSA) is 43.1 Å². The van der Waals surface area contributed by atoms with Crippen LogP contribution in [0.2, 0.25) is 0 Å². The van der Waals surface area contributed by atoms with Crippen molar-refractivity contribution < 1.29 is 4.79 Å². The highest BCUT2D eigenvalue weighted by atomic mass is 79.9. The van der Waals surface area contributed by atoms with Gasteiger partial charge >= 0.3 is 0 Å². The lowest BCUT2D eigenvalue weighted by Gasteiger charge is -2.02. The maximum atomic E-state index is 12.1. The number of hydrogen-bond donors (Lipinski definition) is 1. The number of rotatable bonds is 2. The van der Waals surface area contributed by atoms with Crippen LogP contribution in [0.15, 0.2) is 38.6 Å². The van der Waals surface area contributed by atoms with E-state index < -0.39 is 0 Å². The molecule has 0 amide bonds. The van der Waals surface area contributed by atoms with Crippen LogP contribution in [0.5, 0.6) is 0 Å². The Bertz CT molecular complexity index is 551. The number of carbonyl (C=O) groups excluding carboxylic acids is 1. The summed E-state index contributed by atoms with van der Waals surface area (Å²) in [5.41, 5.74) is 6.91. The molecule has 0 bridgehead atoms. The second-order valence-electron chi connectivity index (χ2n) is 3.16. The summed E-state index contributed by atoms with van der Waals surface area (Å²) in [5, 5.41) is 1.87. The van der Waals surface area contributed by atoms with Crippen LogP contribution in [0, 0.1) is 0 Å². The van der Waals surface area contributed by atoms with Crippen molar-refractivity contribution in [1.29, 1.82) is 0 Å². The molecule has 0 fully saturated rings. The van der Waals surface area contributed by atoms with Crippen LogP contribution in [-0.2, 0) is 0 Å². The third-order valence-electron chi connectivity index (χ3n) is 2.08. The normalized spacial score (nSPS) is 10.4. The molecule has 0 atom stereocenters. The first-order valence-electron chi connectivity index (χ1n) is 4.42. The van der Waals surface area contributed by atoms with Gasteiger partial charge in [-0.15, -0.1) is 11.3 Å². The molecule has 2 nitrogen and oxygen atoms in total. The highest BCUT2D eigenvalue weighted by Gasteiger charge is 2.14.